The summed E-state index contributed by atoms with van der Waals surface area (Å²) in [6.07, 6.45) is 3.69. The maximum absolute atomic E-state index is 9.01. The maximum atomic E-state index is 9.01. The fourth-order valence-corrected chi connectivity index (χ4v) is 1.12. The van der Waals surface area contributed by atoms with Crippen LogP contribution in [0.3, 0.4) is 0 Å². The van der Waals surface area contributed by atoms with Gasteiger partial charge in [-0.2, -0.15) is 0 Å². The minimum Gasteiger partial charge on any atom is -0.393 e. The van der Waals surface area contributed by atoms with Crippen molar-refractivity contribution in [1.82, 2.24) is 4.98 Å². The Morgan fingerprint density at radius 1 is 1.69 bits per heavy atom. The van der Waals surface area contributed by atoms with E-state index in [2.05, 4.69) is 10.3 Å². The van der Waals surface area contributed by atoms with Gasteiger partial charge in [0.1, 0.15) is 0 Å². The number of aromatic nitrogens is 1. The summed E-state index contributed by atoms with van der Waals surface area (Å²) in [6, 6.07) is 1.81. The highest BCUT2D eigenvalue weighted by Gasteiger charge is 1.99. The molecule has 0 aliphatic heterocycles. The number of nitrogens with one attached hydrogen (secondary N) is 1. The van der Waals surface area contributed by atoms with Gasteiger partial charge in [-0.05, 0) is 19.4 Å². The summed E-state index contributed by atoms with van der Waals surface area (Å²) in [5.41, 5.74) is 0.859. The molecule has 0 aliphatic carbocycles. The summed E-state index contributed by atoms with van der Waals surface area (Å²) in [5, 5.41) is 12.7. The average molecular weight is 201 g/mol. The zero-order chi connectivity index (χ0) is 9.68. The van der Waals surface area contributed by atoms with Gasteiger partial charge in [-0.15, -0.1) is 0 Å². The lowest BCUT2D eigenvalue weighted by atomic mass is 10.3. The highest BCUT2D eigenvalue weighted by Crippen LogP contribution is 2.18. The number of hydrogen-bond donors (Lipinski definition) is 2. The number of halogens is 1. The van der Waals surface area contributed by atoms with Crippen LogP contribution in [0.15, 0.2) is 18.5 Å². The van der Waals surface area contributed by atoms with Gasteiger partial charge in [0.05, 0.1) is 16.8 Å². The van der Waals surface area contributed by atoms with E-state index in [1.807, 2.05) is 6.07 Å². The summed E-state index contributed by atoms with van der Waals surface area (Å²) in [5.74, 6) is 0. The van der Waals surface area contributed by atoms with Gasteiger partial charge in [0, 0.05) is 18.9 Å². The largest absolute Gasteiger partial charge is 0.393 e. The van der Waals surface area contributed by atoms with Crippen LogP contribution in [0.2, 0.25) is 5.02 Å². The van der Waals surface area contributed by atoms with Crippen molar-refractivity contribution in [1.29, 1.82) is 0 Å². The van der Waals surface area contributed by atoms with Crippen molar-refractivity contribution in [2.75, 3.05) is 11.9 Å². The van der Waals surface area contributed by atoms with E-state index < -0.39 is 0 Å². The van der Waals surface area contributed by atoms with E-state index in [0.717, 1.165) is 5.69 Å². The van der Waals surface area contributed by atoms with Gasteiger partial charge in [-0.1, -0.05) is 11.6 Å². The Morgan fingerprint density at radius 2 is 2.46 bits per heavy atom. The number of nitrogens with zero attached hydrogens (tertiary/aromatic N) is 1. The molecule has 4 heteroatoms. The molecule has 72 valence electrons. The highest BCUT2D eigenvalue weighted by molar-refractivity contribution is 6.33. The molecular formula is C9H13ClN2O. The quantitative estimate of drug-likeness (QED) is 0.781. The molecule has 13 heavy (non-hydrogen) atoms. The summed E-state index contributed by atoms with van der Waals surface area (Å²) in [7, 11) is 0. The van der Waals surface area contributed by atoms with Crippen LogP contribution in [-0.2, 0) is 0 Å². The van der Waals surface area contributed by atoms with E-state index in [-0.39, 0.29) is 6.10 Å². The lowest BCUT2D eigenvalue weighted by molar-refractivity contribution is 0.189. The summed E-state index contributed by atoms with van der Waals surface area (Å²) >= 11 is 5.85. The van der Waals surface area contributed by atoms with Gasteiger partial charge in [0.25, 0.3) is 0 Å². The molecule has 1 heterocycles. The van der Waals surface area contributed by atoms with Crippen LogP contribution in [-0.4, -0.2) is 22.7 Å². The SMILES string of the molecule is C[C@H](O)CCNc1ccncc1Cl. The van der Waals surface area contributed by atoms with Crippen molar-refractivity contribution < 1.29 is 5.11 Å². The third-order valence-electron chi connectivity index (χ3n) is 1.65. The number of aliphatic hydroxyl groups is 1. The molecule has 0 aliphatic rings. The van der Waals surface area contributed by atoms with Crippen molar-refractivity contribution in [2.45, 2.75) is 19.4 Å². The predicted octanol–water partition coefficient (Wildman–Crippen LogP) is 1.92. The molecule has 2 N–H and O–H groups in total. The second-order valence-corrected chi connectivity index (χ2v) is 3.33. The van der Waals surface area contributed by atoms with E-state index in [1.165, 1.54) is 0 Å². The van der Waals surface area contributed by atoms with Gasteiger partial charge in [0.15, 0.2) is 0 Å². The van der Waals surface area contributed by atoms with Gasteiger partial charge in [-0.25, -0.2) is 0 Å². The monoisotopic (exact) mass is 200 g/mol. The van der Waals surface area contributed by atoms with Crippen molar-refractivity contribution in [2.24, 2.45) is 0 Å². The molecular weight excluding hydrogens is 188 g/mol. The number of hydrogen-bond acceptors (Lipinski definition) is 3. The summed E-state index contributed by atoms with van der Waals surface area (Å²) in [4.78, 5) is 3.87. The molecule has 0 fully saturated rings. The van der Waals surface area contributed by atoms with Crippen LogP contribution >= 0.6 is 11.6 Å². The number of aliphatic hydroxyl groups excluding tert-OH is 1. The Morgan fingerprint density at radius 3 is 3.08 bits per heavy atom. The molecule has 0 unspecified atom stereocenters. The van der Waals surface area contributed by atoms with Crippen LogP contribution in [0.5, 0.6) is 0 Å². The van der Waals surface area contributed by atoms with E-state index in [0.29, 0.717) is 18.0 Å². The second-order valence-electron chi connectivity index (χ2n) is 2.92. The Labute approximate surface area is 82.8 Å². The molecule has 1 aromatic rings. The third kappa shape index (κ3) is 3.61. The van der Waals surface area contributed by atoms with Crippen LogP contribution < -0.4 is 5.32 Å². The zero-order valence-corrected chi connectivity index (χ0v) is 8.25. The van der Waals surface area contributed by atoms with E-state index >= 15 is 0 Å². The summed E-state index contributed by atoms with van der Waals surface area (Å²) in [6.45, 7) is 2.47. The van der Waals surface area contributed by atoms with Gasteiger partial charge >= 0.3 is 0 Å². The lowest BCUT2D eigenvalue weighted by Crippen LogP contribution is -2.09. The van der Waals surface area contributed by atoms with E-state index in [4.69, 9.17) is 16.7 Å². The molecule has 0 aromatic carbocycles. The zero-order valence-electron chi connectivity index (χ0n) is 7.50. The molecule has 1 atom stereocenters. The molecule has 0 bridgehead atoms. The average Bonchev–Trinajstić information content (AvgIpc) is 2.08. The van der Waals surface area contributed by atoms with Gasteiger partial charge in [0.2, 0.25) is 0 Å². The Kier molecular flexibility index (Phi) is 3.99. The normalized spacial score (nSPS) is 12.5. The summed E-state index contributed by atoms with van der Waals surface area (Å²) < 4.78 is 0. The maximum Gasteiger partial charge on any atom is 0.0820 e. The van der Waals surface area contributed by atoms with E-state index in [9.17, 15) is 0 Å². The van der Waals surface area contributed by atoms with Crippen molar-refractivity contribution in [3.8, 4) is 0 Å². The highest BCUT2D eigenvalue weighted by atomic mass is 35.5. The first kappa shape index (κ1) is 10.3. The molecule has 0 spiro atoms. The smallest absolute Gasteiger partial charge is 0.0820 e. The molecule has 0 amide bonds. The molecule has 3 nitrogen and oxygen atoms in total. The first-order chi connectivity index (χ1) is 6.20. The van der Waals surface area contributed by atoms with E-state index in [1.54, 1.807) is 19.3 Å². The minimum absolute atomic E-state index is 0.284. The predicted molar refractivity (Wildman–Crippen MR) is 54.0 cm³/mol. The van der Waals surface area contributed by atoms with Crippen molar-refractivity contribution >= 4 is 17.3 Å². The number of rotatable bonds is 4. The fourth-order valence-electron chi connectivity index (χ4n) is 0.934. The van der Waals surface area contributed by atoms with Crippen LogP contribution in [0, 0.1) is 0 Å². The van der Waals surface area contributed by atoms with Gasteiger partial charge in [-0.3, -0.25) is 4.98 Å². The minimum atomic E-state index is -0.284. The molecule has 1 rings (SSSR count). The fraction of sp³-hybridized carbons (Fsp3) is 0.444. The van der Waals surface area contributed by atoms with Crippen LogP contribution in [0.4, 0.5) is 5.69 Å². The van der Waals surface area contributed by atoms with Crippen molar-refractivity contribution in [3.05, 3.63) is 23.5 Å². The topological polar surface area (TPSA) is 45.1 Å². The Hall–Kier alpha value is -0.800. The molecule has 0 saturated carbocycles. The first-order valence-corrected chi connectivity index (χ1v) is 4.59. The first-order valence-electron chi connectivity index (χ1n) is 4.21. The molecule has 0 radical (unpaired) electrons. The standard InChI is InChI=1S/C9H13ClN2O/c1-7(13)2-5-12-9-3-4-11-6-8(9)10/h3-4,6-7,13H,2,5H2,1H3,(H,11,12)/t7-/m0/s1. The van der Waals surface area contributed by atoms with Crippen LogP contribution in [0.25, 0.3) is 0 Å². The number of pyridine rings is 1. The van der Waals surface area contributed by atoms with Crippen LogP contribution in [0.1, 0.15) is 13.3 Å². The third-order valence-corrected chi connectivity index (χ3v) is 1.95. The van der Waals surface area contributed by atoms with Gasteiger partial charge < -0.3 is 10.4 Å². The Bertz CT molecular complexity index is 266. The Balaban J connectivity index is 2.41. The molecule has 0 saturated heterocycles. The second kappa shape index (κ2) is 5.04. The molecule has 1 aromatic heterocycles. The number of anilines is 1. The lowest BCUT2D eigenvalue weighted by Gasteiger charge is -2.08. The van der Waals surface area contributed by atoms with Crippen molar-refractivity contribution in [3.63, 3.8) is 0 Å².